The minimum absolute atomic E-state index is 0.0429. The number of hydrogen-bond acceptors (Lipinski definition) is 5. The lowest BCUT2D eigenvalue weighted by molar-refractivity contribution is -0.139. The van der Waals surface area contributed by atoms with Gasteiger partial charge in [0.25, 0.3) is 0 Å². The van der Waals surface area contributed by atoms with E-state index in [1.807, 2.05) is 18.7 Å². The molecule has 23 heavy (non-hydrogen) atoms. The number of nitrogens with zero attached hydrogens (tertiary/aromatic N) is 3. The second-order valence-corrected chi connectivity index (χ2v) is 5.62. The van der Waals surface area contributed by atoms with Gasteiger partial charge in [-0.15, -0.1) is 0 Å². The van der Waals surface area contributed by atoms with Gasteiger partial charge in [0.05, 0.1) is 24.6 Å². The zero-order valence-corrected chi connectivity index (χ0v) is 13.5. The molecule has 1 aliphatic rings. The number of likely N-dealkylation sites (N-methyl/N-ethyl adjacent to an activating group) is 1. The maximum Gasteiger partial charge on any atom is 0.319 e. The summed E-state index contributed by atoms with van der Waals surface area (Å²) >= 11 is 0. The maximum atomic E-state index is 11.9. The Hall–Kier alpha value is -2.22. The predicted molar refractivity (Wildman–Crippen MR) is 85.3 cm³/mol. The smallest absolute Gasteiger partial charge is 0.319 e. The topological polar surface area (TPSA) is 107 Å². The van der Waals surface area contributed by atoms with E-state index in [4.69, 9.17) is 5.11 Å². The number of rotatable bonds is 7. The number of carboxylic acid groups (broad SMARTS) is 1. The maximum absolute atomic E-state index is 11.9. The van der Waals surface area contributed by atoms with Gasteiger partial charge in [-0.3, -0.25) is 9.69 Å². The lowest BCUT2D eigenvalue weighted by Gasteiger charge is -2.42. The monoisotopic (exact) mass is 321 g/mol. The molecule has 0 atom stereocenters. The van der Waals surface area contributed by atoms with Crippen molar-refractivity contribution in [3.05, 3.63) is 18.2 Å². The minimum atomic E-state index is -0.823. The summed E-state index contributed by atoms with van der Waals surface area (Å²) in [4.78, 5) is 32.9. The molecule has 0 unspecified atom stereocenters. The summed E-state index contributed by atoms with van der Waals surface area (Å²) in [6.45, 7) is 4.64. The van der Waals surface area contributed by atoms with Crippen molar-refractivity contribution in [2.75, 3.05) is 18.4 Å². The second kappa shape index (κ2) is 7.87. The van der Waals surface area contributed by atoms with E-state index in [9.17, 15) is 9.59 Å². The molecule has 0 radical (unpaired) electrons. The van der Waals surface area contributed by atoms with Crippen LogP contribution in [0.4, 0.5) is 10.5 Å². The second-order valence-electron chi connectivity index (χ2n) is 5.62. The van der Waals surface area contributed by atoms with Crippen molar-refractivity contribution in [3.63, 3.8) is 0 Å². The van der Waals surface area contributed by atoms with Gasteiger partial charge in [-0.05, 0) is 19.4 Å². The highest BCUT2D eigenvalue weighted by Crippen LogP contribution is 2.25. The summed E-state index contributed by atoms with van der Waals surface area (Å²) < 4.78 is 0. The van der Waals surface area contributed by atoms with Gasteiger partial charge in [-0.1, -0.05) is 13.8 Å². The minimum Gasteiger partial charge on any atom is -0.480 e. The van der Waals surface area contributed by atoms with Crippen molar-refractivity contribution < 1.29 is 14.7 Å². The van der Waals surface area contributed by atoms with Gasteiger partial charge < -0.3 is 15.7 Å². The van der Waals surface area contributed by atoms with Crippen LogP contribution in [0.3, 0.4) is 0 Å². The highest BCUT2D eigenvalue weighted by atomic mass is 16.4. The lowest BCUT2D eigenvalue weighted by Crippen LogP contribution is -2.55. The third kappa shape index (κ3) is 4.88. The van der Waals surface area contributed by atoms with E-state index in [1.54, 1.807) is 12.4 Å². The van der Waals surface area contributed by atoms with Gasteiger partial charge in [-0.2, -0.15) is 0 Å². The standard InChI is InChI=1S/C15H23N5O3/c1-3-13-16-7-11(8-17-13)19-15(23)18-10-5-12(6-10)20(4-2)9-14(21)22/h7-8,10,12H,3-6,9H2,1-2H3,(H,21,22)(H2,18,19,23). The van der Waals surface area contributed by atoms with Crippen LogP contribution in [0.25, 0.3) is 0 Å². The number of amides is 2. The number of carbonyl (C=O) groups is 2. The Morgan fingerprint density at radius 3 is 2.48 bits per heavy atom. The number of anilines is 1. The van der Waals surface area contributed by atoms with E-state index < -0.39 is 5.97 Å². The Bertz CT molecular complexity index is 543. The van der Waals surface area contributed by atoms with Gasteiger partial charge in [0, 0.05) is 18.5 Å². The molecule has 1 fully saturated rings. The number of hydrogen-bond donors (Lipinski definition) is 3. The van der Waals surface area contributed by atoms with E-state index in [2.05, 4.69) is 20.6 Å². The molecule has 8 nitrogen and oxygen atoms in total. The molecule has 0 aromatic carbocycles. The average molecular weight is 321 g/mol. The molecule has 0 bridgehead atoms. The van der Waals surface area contributed by atoms with E-state index >= 15 is 0 Å². The number of carbonyl (C=O) groups excluding carboxylic acids is 1. The number of aromatic nitrogens is 2. The SMILES string of the molecule is CCc1ncc(NC(=O)NC2CC(N(CC)CC(=O)O)C2)cn1. The molecule has 2 rings (SSSR count). The van der Waals surface area contributed by atoms with Gasteiger partial charge in [-0.25, -0.2) is 14.8 Å². The molecular formula is C15H23N5O3. The first-order valence-corrected chi connectivity index (χ1v) is 7.86. The lowest BCUT2D eigenvalue weighted by atomic mass is 9.85. The molecule has 126 valence electrons. The van der Waals surface area contributed by atoms with Gasteiger partial charge >= 0.3 is 12.0 Å². The van der Waals surface area contributed by atoms with Gasteiger partial charge in [0.1, 0.15) is 5.82 Å². The molecule has 1 aromatic rings. The Labute approximate surface area is 135 Å². The first-order valence-electron chi connectivity index (χ1n) is 7.86. The van der Waals surface area contributed by atoms with Crippen LogP contribution in [0.5, 0.6) is 0 Å². The summed E-state index contributed by atoms with van der Waals surface area (Å²) in [6, 6.07) is -0.00479. The molecular weight excluding hydrogens is 298 g/mol. The molecule has 8 heteroatoms. The van der Waals surface area contributed by atoms with Crippen LogP contribution in [0.1, 0.15) is 32.5 Å². The van der Waals surface area contributed by atoms with Crippen LogP contribution in [-0.2, 0) is 11.2 Å². The third-order valence-electron chi connectivity index (χ3n) is 3.99. The first-order chi connectivity index (χ1) is 11.0. The van der Waals surface area contributed by atoms with Crippen LogP contribution in [0, 0.1) is 0 Å². The fourth-order valence-electron chi connectivity index (χ4n) is 2.63. The van der Waals surface area contributed by atoms with Crippen LogP contribution in [0.15, 0.2) is 12.4 Å². The van der Waals surface area contributed by atoms with E-state index in [1.165, 1.54) is 0 Å². The van der Waals surface area contributed by atoms with Gasteiger partial charge in [0.2, 0.25) is 0 Å². The molecule has 1 saturated carbocycles. The fraction of sp³-hybridized carbons (Fsp3) is 0.600. The molecule has 1 heterocycles. The number of carboxylic acids is 1. The van der Waals surface area contributed by atoms with Crippen molar-refractivity contribution in [2.24, 2.45) is 0 Å². The van der Waals surface area contributed by atoms with Crippen molar-refractivity contribution in [3.8, 4) is 0 Å². The largest absolute Gasteiger partial charge is 0.480 e. The van der Waals surface area contributed by atoms with Crippen LogP contribution in [-0.4, -0.2) is 57.1 Å². The molecule has 2 amide bonds. The molecule has 0 saturated heterocycles. The summed E-state index contributed by atoms with van der Waals surface area (Å²) in [6.07, 6.45) is 5.45. The quantitative estimate of drug-likeness (QED) is 0.694. The Kier molecular flexibility index (Phi) is 5.86. The number of nitrogens with one attached hydrogen (secondary N) is 2. The zero-order valence-electron chi connectivity index (χ0n) is 13.5. The number of urea groups is 1. The Morgan fingerprint density at radius 1 is 1.30 bits per heavy atom. The Morgan fingerprint density at radius 2 is 1.96 bits per heavy atom. The predicted octanol–water partition coefficient (Wildman–Crippen LogP) is 1.10. The summed E-state index contributed by atoms with van der Waals surface area (Å²) in [7, 11) is 0. The van der Waals surface area contributed by atoms with Crippen molar-refractivity contribution in [1.29, 1.82) is 0 Å². The molecule has 1 aromatic heterocycles. The zero-order chi connectivity index (χ0) is 16.8. The van der Waals surface area contributed by atoms with Crippen molar-refractivity contribution in [1.82, 2.24) is 20.2 Å². The molecule has 0 aliphatic heterocycles. The molecule has 0 spiro atoms. The van der Waals surface area contributed by atoms with Crippen LogP contribution >= 0.6 is 0 Å². The van der Waals surface area contributed by atoms with Gasteiger partial charge in [0.15, 0.2) is 0 Å². The highest BCUT2D eigenvalue weighted by molar-refractivity contribution is 5.89. The normalized spacial score (nSPS) is 20.0. The fourth-order valence-corrected chi connectivity index (χ4v) is 2.63. The first kappa shape index (κ1) is 17.1. The van der Waals surface area contributed by atoms with E-state index in [0.717, 1.165) is 25.1 Å². The molecule has 1 aliphatic carbocycles. The summed E-state index contributed by atoms with van der Waals surface area (Å²) in [5.41, 5.74) is 0.552. The summed E-state index contributed by atoms with van der Waals surface area (Å²) in [5, 5.41) is 14.4. The van der Waals surface area contributed by atoms with Crippen LogP contribution < -0.4 is 10.6 Å². The van der Waals surface area contributed by atoms with Crippen molar-refractivity contribution in [2.45, 2.75) is 45.2 Å². The average Bonchev–Trinajstić information content (AvgIpc) is 2.49. The van der Waals surface area contributed by atoms with Crippen molar-refractivity contribution >= 4 is 17.7 Å². The third-order valence-corrected chi connectivity index (χ3v) is 3.99. The summed E-state index contributed by atoms with van der Waals surface area (Å²) in [5.74, 6) is -0.0904. The number of aliphatic carboxylic acids is 1. The van der Waals surface area contributed by atoms with E-state index in [-0.39, 0.29) is 24.7 Å². The van der Waals surface area contributed by atoms with Crippen LogP contribution in [0.2, 0.25) is 0 Å². The Balaban J connectivity index is 1.74. The highest BCUT2D eigenvalue weighted by Gasteiger charge is 2.34. The number of aryl methyl sites for hydroxylation is 1. The van der Waals surface area contributed by atoms with E-state index in [0.29, 0.717) is 12.2 Å². The molecule has 3 N–H and O–H groups in total.